The number of phenolic OH excluding ortho intramolecular Hbond substituents is 1. The lowest BCUT2D eigenvalue weighted by Gasteiger charge is -2.25. The number of hydrogen-bond acceptors (Lipinski definition) is 4. The first-order chi connectivity index (χ1) is 11.0. The van der Waals surface area contributed by atoms with Crippen LogP contribution in [0.3, 0.4) is 0 Å². The van der Waals surface area contributed by atoms with Crippen molar-refractivity contribution in [2.75, 3.05) is 6.61 Å². The summed E-state index contributed by atoms with van der Waals surface area (Å²) in [6.07, 6.45) is 2.65. The first-order valence-corrected chi connectivity index (χ1v) is 8.00. The zero-order valence-electron chi connectivity index (χ0n) is 13.8. The number of benzene rings is 1. The normalized spacial score (nSPS) is 18.1. The second-order valence-electron chi connectivity index (χ2n) is 6.16. The number of aromatic nitrogens is 2. The molecule has 5 heteroatoms. The van der Waals surface area contributed by atoms with Gasteiger partial charge in [0.05, 0.1) is 5.69 Å². The summed E-state index contributed by atoms with van der Waals surface area (Å²) < 4.78 is 7.20. The van der Waals surface area contributed by atoms with Crippen LogP contribution in [-0.4, -0.2) is 21.5 Å². The van der Waals surface area contributed by atoms with E-state index < -0.39 is 0 Å². The number of ether oxygens (including phenoxy) is 1. The molecule has 0 spiro atoms. The van der Waals surface area contributed by atoms with Crippen molar-refractivity contribution in [1.82, 2.24) is 9.78 Å². The molecule has 23 heavy (non-hydrogen) atoms. The molecule has 1 N–H and O–H groups in total. The molecule has 0 amide bonds. The van der Waals surface area contributed by atoms with Crippen LogP contribution in [0.4, 0.5) is 0 Å². The van der Waals surface area contributed by atoms with Crippen molar-refractivity contribution >= 4 is 0 Å². The van der Waals surface area contributed by atoms with E-state index in [2.05, 4.69) is 5.10 Å². The Hall–Kier alpha value is -2.14. The molecule has 5 nitrogen and oxygen atoms in total. The van der Waals surface area contributed by atoms with E-state index in [1.54, 1.807) is 12.1 Å². The number of aromatic hydroxyl groups is 1. The largest absolute Gasteiger partial charge is 0.508 e. The molecule has 0 bridgehead atoms. The summed E-state index contributed by atoms with van der Waals surface area (Å²) in [7, 11) is 0. The monoisotopic (exact) mass is 314 g/mol. The molecule has 0 saturated carbocycles. The Morgan fingerprint density at radius 2 is 2.04 bits per heavy atom. The minimum atomic E-state index is -0.261. The Bertz CT molecular complexity index is 790. The van der Waals surface area contributed by atoms with Gasteiger partial charge in [0.25, 0.3) is 5.56 Å². The number of aryl methyl sites for hydroxylation is 2. The Morgan fingerprint density at radius 3 is 2.70 bits per heavy atom. The molecule has 1 aliphatic heterocycles. The lowest BCUT2D eigenvalue weighted by atomic mass is 9.96. The zero-order chi connectivity index (χ0) is 16.6. The summed E-state index contributed by atoms with van der Waals surface area (Å²) >= 11 is 0. The molecular formula is C18H22N2O3. The van der Waals surface area contributed by atoms with E-state index >= 15 is 0 Å². The van der Waals surface area contributed by atoms with E-state index in [4.69, 9.17) is 4.74 Å². The Labute approximate surface area is 135 Å². The molecule has 1 saturated heterocycles. The van der Waals surface area contributed by atoms with Crippen LogP contribution in [0.5, 0.6) is 5.75 Å². The SMILES string of the molecule is Cc1cc(O)ccc1-c1c(C)nn(C2CCCCO2)c(=O)c1C. The number of rotatable bonds is 2. The van der Waals surface area contributed by atoms with Gasteiger partial charge in [-0.1, -0.05) is 6.07 Å². The molecule has 1 aliphatic rings. The fraction of sp³-hybridized carbons (Fsp3) is 0.444. The first kappa shape index (κ1) is 15.7. The Kier molecular flexibility index (Phi) is 4.22. The second-order valence-corrected chi connectivity index (χ2v) is 6.16. The Balaban J connectivity index is 2.13. The van der Waals surface area contributed by atoms with Crippen molar-refractivity contribution in [3.05, 3.63) is 45.4 Å². The predicted octanol–water partition coefficient (Wildman–Crippen LogP) is 3.24. The summed E-state index contributed by atoms with van der Waals surface area (Å²) in [5.74, 6) is 0.221. The van der Waals surface area contributed by atoms with Crippen molar-refractivity contribution < 1.29 is 9.84 Å². The van der Waals surface area contributed by atoms with Crippen LogP contribution < -0.4 is 5.56 Å². The summed E-state index contributed by atoms with van der Waals surface area (Å²) in [5.41, 5.74) is 4.05. The molecule has 122 valence electrons. The van der Waals surface area contributed by atoms with E-state index in [0.29, 0.717) is 12.2 Å². The van der Waals surface area contributed by atoms with E-state index in [1.807, 2.05) is 26.8 Å². The maximum Gasteiger partial charge on any atom is 0.272 e. The van der Waals surface area contributed by atoms with Gasteiger partial charge < -0.3 is 9.84 Å². The van der Waals surface area contributed by atoms with Gasteiger partial charge in [0.2, 0.25) is 0 Å². The van der Waals surface area contributed by atoms with Crippen LogP contribution >= 0.6 is 0 Å². The Morgan fingerprint density at radius 1 is 1.26 bits per heavy atom. The molecule has 0 radical (unpaired) electrons. The van der Waals surface area contributed by atoms with Crippen LogP contribution in [0, 0.1) is 20.8 Å². The zero-order valence-corrected chi connectivity index (χ0v) is 13.8. The van der Waals surface area contributed by atoms with Crippen molar-refractivity contribution in [1.29, 1.82) is 0 Å². The molecular weight excluding hydrogens is 292 g/mol. The molecule has 1 atom stereocenters. The second kappa shape index (κ2) is 6.16. The third-order valence-corrected chi connectivity index (χ3v) is 4.43. The molecule has 1 aromatic carbocycles. The van der Waals surface area contributed by atoms with Gasteiger partial charge in [-0.15, -0.1) is 0 Å². The number of nitrogens with zero attached hydrogens (tertiary/aromatic N) is 2. The summed E-state index contributed by atoms with van der Waals surface area (Å²) in [5, 5.41) is 14.1. The molecule has 3 rings (SSSR count). The maximum absolute atomic E-state index is 12.8. The minimum Gasteiger partial charge on any atom is -0.508 e. The van der Waals surface area contributed by atoms with Crippen LogP contribution in [0.2, 0.25) is 0 Å². The first-order valence-electron chi connectivity index (χ1n) is 8.00. The average Bonchev–Trinajstić information content (AvgIpc) is 2.54. The minimum absolute atomic E-state index is 0.107. The highest BCUT2D eigenvalue weighted by Gasteiger charge is 2.22. The van der Waals surface area contributed by atoms with E-state index in [9.17, 15) is 9.90 Å². The van der Waals surface area contributed by atoms with Crippen molar-refractivity contribution in [2.45, 2.75) is 46.3 Å². The fourth-order valence-corrected chi connectivity index (χ4v) is 3.24. The molecule has 1 unspecified atom stereocenters. The average molecular weight is 314 g/mol. The van der Waals surface area contributed by atoms with Gasteiger partial charge >= 0.3 is 0 Å². The van der Waals surface area contributed by atoms with Gasteiger partial charge in [0.15, 0.2) is 6.23 Å². The smallest absolute Gasteiger partial charge is 0.272 e. The van der Waals surface area contributed by atoms with Gasteiger partial charge in [-0.05, 0) is 63.3 Å². The number of phenols is 1. The van der Waals surface area contributed by atoms with Crippen LogP contribution in [0.15, 0.2) is 23.0 Å². The van der Waals surface area contributed by atoms with Crippen molar-refractivity contribution in [3.63, 3.8) is 0 Å². The number of hydrogen-bond donors (Lipinski definition) is 1. The maximum atomic E-state index is 12.8. The van der Waals surface area contributed by atoms with Crippen molar-refractivity contribution in [2.24, 2.45) is 0 Å². The predicted molar refractivity (Wildman–Crippen MR) is 88.6 cm³/mol. The van der Waals surface area contributed by atoms with Gasteiger partial charge in [-0.25, -0.2) is 4.68 Å². The van der Waals surface area contributed by atoms with E-state index in [-0.39, 0.29) is 17.5 Å². The van der Waals surface area contributed by atoms with Gasteiger partial charge in [-0.3, -0.25) is 4.79 Å². The summed E-state index contributed by atoms with van der Waals surface area (Å²) in [6.45, 7) is 6.34. The van der Waals surface area contributed by atoms with Gasteiger partial charge in [-0.2, -0.15) is 5.10 Å². The highest BCUT2D eigenvalue weighted by molar-refractivity contribution is 5.72. The quantitative estimate of drug-likeness (QED) is 0.924. The summed E-state index contributed by atoms with van der Waals surface area (Å²) in [6, 6.07) is 5.17. The third kappa shape index (κ3) is 2.88. The van der Waals surface area contributed by atoms with Gasteiger partial charge in [0.1, 0.15) is 5.75 Å². The molecule has 2 heterocycles. The van der Waals surface area contributed by atoms with Crippen molar-refractivity contribution in [3.8, 4) is 16.9 Å². The molecule has 1 fully saturated rings. The fourth-order valence-electron chi connectivity index (χ4n) is 3.24. The highest BCUT2D eigenvalue weighted by Crippen LogP contribution is 2.30. The highest BCUT2D eigenvalue weighted by atomic mass is 16.5. The van der Waals surface area contributed by atoms with E-state index in [0.717, 1.165) is 41.6 Å². The summed E-state index contributed by atoms with van der Waals surface area (Å²) in [4.78, 5) is 12.8. The molecule has 1 aromatic heterocycles. The lowest BCUT2D eigenvalue weighted by Crippen LogP contribution is -2.33. The lowest BCUT2D eigenvalue weighted by molar-refractivity contribution is -0.0428. The third-order valence-electron chi connectivity index (χ3n) is 4.43. The van der Waals surface area contributed by atoms with Crippen LogP contribution in [-0.2, 0) is 4.74 Å². The van der Waals surface area contributed by atoms with Gasteiger partial charge in [0, 0.05) is 17.7 Å². The molecule has 2 aromatic rings. The van der Waals surface area contributed by atoms with Crippen LogP contribution in [0.1, 0.15) is 42.3 Å². The van der Waals surface area contributed by atoms with Crippen LogP contribution in [0.25, 0.3) is 11.1 Å². The van der Waals surface area contributed by atoms with E-state index in [1.165, 1.54) is 4.68 Å². The molecule has 0 aliphatic carbocycles. The topological polar surface area (TPSA) is 64.3 Å². The standard InChI is InChI=1S/C18H22N2O3/c1-11-10-14(21)7-8-15(11)17-12(2)18(22)20(19-13(17)3)16-6-4-5-9-23-16/h7-8,10,16,21H,4-6,9H2,1-3H3.